The molecular weight excluding hydrogens is 430 g/mol. The lowest BCUT2D eigenvalue weighted by atomic mass is 9.99. The summed E-state index contributed by atoms with van der Waals surface area (Å²) in [6.45, 7) is 6.56. The van der Waals surface area contributed by atoms with Crippen molar-refractivity contribution in [3.63, 3.8) is 0 Å². The lowest BCUT2D eigenvalue weighted by Gasteiger charge is -2.28. The van der Waals surface area contributed by atoms with Crippen molar-refractivity contribution in [2.24, 2.45) is 0 Å². The number of rotatable bonds is 4. The molecule has 0 saturated carbocycles. The van der Waals surface area contributed by atoms with Crippen molar-refractivity contribution >= 4 is 23.5 Å². The van der Waals surface area contributed by atoms with E-state index in [1.54, 1.807) is 6.20 Å². The second-order valence-electron chi connectivity index (χ2n) is 8.65. The van der Waals surface area contributed by atoms with Gasteiger partial charge in [-0.3, -0.25) is 0 Å². The molecule has 5 rings (SSSR count). The molecule has 3 aromatic rings. The Morgan fingerprint density at radius 2 is 1.79 bits per heavy atom. The van der Waals surface area contributed by atoms with E-state index in [4.69, 9.17) is 15.5 Å². The molecule has 2 aromatic heterocycles. The molecule has 176 valence electrons. The topological polar surface area (TPSA) is 110 Å². The van der Waals surface area contributed by atoms with Crippen LogP contribution in [0.3, 0.4) is 0 Å². The first-order valence-electron chi connectivity index (χ1n) is 11.7. The van der Waals surface area contributed by atoms with Crippen molar-refractivity contribution < 1.29 is 9.53 Å². The van der Waals surface area contributed by atoms with Crippen LogP contribution in [0.5, 0.6) is 0 Å². The number of hydrogen-bond donors (Lipinski definition) is 2. The Labute approximate surface area is 199 Å². The van der Waals surface area contributed by atoms with Gasteiger partial charge in [-0.15, -0.1) is 0 Å². The van der Waals surface area contributed by atoms with Crippen molar-refractivity contribution in [1.82, 2.24) is 19.9 Å². The maximum Gasteiger partial charge on any atom is 0.321 e. The molecule has 2 saturated heterocycles. The Hall–Kier alpha value is -3.72. The van der Waals surface area contributed by atoms with Gasteiger partial charge in [-0.1, -0.05) is 6.07 Å². The van der Waals surface area contributed by atoms with Crippen molar-refractivity contribution in [3.8, 4) is 22.5 Å². The highest BCUT2D eigenvalue weighted by Crippen LogP contribution is 2.32. The first-order chi connectivity index (χ1) is 16.6. The van der Waals surface area contributed by atoms with E-state index in [0.717, 1.165) is 72.9 Å². The molecule has 0 spiro atoms. The lowest BCUT2D eigenvalue weighted by molar-refractivity contribution is 0.122. The fraction of sp³-hybridized carbons (Fsp3) is 0.360. The van der Waals surface area contributed by atoms with E-state index in [1.807, 2.05) is 35.2 Å². The fourth-order valence-electron chi connectivity index (χ4n) is 4.41. The van der Waals surface area contributed by atoms with E-state index in [1.165, 1.54) is 0 Å². The summed E-state index contributed by atoms with van der Waals surface area (Å²) < 4.78 is 5.53. The number of hydrogen-bond acceptors (Lipinski definition) is 7. The molecule has 0 radical (unpaired) electrons. The van der Waals surface area contributed by atoms with E-state index in [2.05, 4.69) is 33.2 Å². The third-order valence-corrected chi connectivity index (χ3v) is 6.28. The SMILES string of the molecule is Cc1ccc(NC(=O)N2CCCC2)cc1-c1cc(-c2ccnc(N)n2)nc(N2CCOCC2)c1. The second-order valence-corrected chi connectivity index (χ2v) is 8.65. The quantitative estimate of drug-likeness (QED) is 0.614. The number of pyridine rings is 1. The number of amides is 2. The number of aromatic nitrogens is 3. The number of anilines is 3. The molecule has 0 aliphatic carbocycles. The Kier molecular flexibility index (Phi) is 6.27. The molecule has 9 nitrogen and oxygen atoms in total. The van der Waals surface area contributed by atoms with Crippen LogP contribution in [0, 0.1) is 6.92 Å². The summed E-state index contributed by atoms with van der Waals surface area (Å²) >= 11 is 0. The zero-order valence-electron chi connectivity index (χ0n) is 19.3. The van der Waals surface area contributed by atoms with Crippen molar-refractivity contribution in [1.29, 1.82) is 0 Å². The van der Waals surface area contributed by atoms with Crippen LogP contribution in [0.15, 0.2) is 42.6 Å². The van der Waals surface area contributed by atoms with Crippen LogP contribution in [0.25, 0.3) is 22.5 Å². The largest absolute Gasteiger partial charge is 0.378 e. The molecule has 0 unspecified atom stereocenters. The van der Waals surface area contributed by atoms with Gasteiger partial charge < -0.3 is 25.6 Å². The highest BCUT2D eigenvalue weighted by Gasteiger charge is 2.19. The minimum atomic E-state index is -0.0480. The van der Waals surface area contributed by atoms with E-state index < -0.39 is 0 Å². The molecule has 0 atom stereocenters. The second kappa shape index (κ2) is 9.64. The molecule has 3 N–H and O–H groups in total. The number of carbonyl (C=O) groups excluding carboxylic acids is 1. The van der Waals surface area contributed by atoms with Crippen LogP contribution in [-0.4, -0.2) is 65.3 Å². The zero-order valence-corrected chi connectivity index (χ0v) is 19.3. The number of ether oxygens (including phenoxy) is 1. The summed E-state index contributed by atoms with van der Waals surface area (Å²) in [6.07, 6.45) is 3.76. The Morgan fingerprint density at radius 1 is 1.00 bits per heavy atom. The van der Waals surface area contributed by atoms with E-state index >= 15 is 0 Å². The number of likely N-dealkylation sites (tertiary alicyclic amines) is 1. The number of nitrogens with zero attached hydrogens (tertiary/aromatic N) is 5. The molecule has 4 heterocycles. The van der Waals surface area contributed by atoms with E-state index in [-0.39, 0.29) is 12.0 Å². The summed E-state index contributed by atoms with van der Waals surface area (Å²) in [7, 11) is 0. The molecule has 34 heavy (non-hydrogen) atoms. The smallest absolute Gasteiger partial charge is 0.321 e. The number of carbonyl (C=O) groups is 1. The molecule has 2 amide bonds. The maximum absolute atomic E-state index is 12.6. The summed E-state index contributed by atoms with van der Waals surface area (Å²) in [6, 6.07) is 11.9. The summed E-state index contributed by atoms with van der Waals surface area (Å²) in [5.74, 6) is 1.07. The maximum atomic E-state index is 12.6. The van der Waals surface area contributed by atoms with Crippen molar-refractivity contribution in [2.75, 3.05) is 55.3 Å². The van der Waals surface area contributed by atoms with Crippen LogP contribution < -0.4 is 16.0 Å². The molecule has 1 aromatic carbocycles. The van der Waals surface area contributed by atoms with Gasteiger partial charge in [0, 0.05) is 38.1 Å². The number of morpholine rings is 1. The molecule has 2 fully saturated rings. The number of benzene rings is 1. The predicted octanol–water partition coefficient (Wildman–Crippen LogP) is 3.56. The van der Waals surface area contributed by atoms with Gasteiger partial charge in [0.25, 0.3) is 0 Å². The standard InChI is InChI=1S/C25H29N7O2/c1-17-4-5-19(28-25(33)32-8-2-3-9-32)16-20(17)18-14-22(21-6-7-27-24(26)30-21)29-23(15-18)31-10-12-34-13-11-31/h4-7,14-16H,2-3,8-13H2,1H3,(H,28,33)(H2,26,27,30). The highest BCUT2D eigenvalue weighted by molar-refractivity contribution is 5.91. The van der Waals surface area contributed by atoms with Crippen LogP contribution in [-0.2, 0) is 4.74 Å². The van der Waals surface area contributed by atoms with Gasteiger partial charge in [-0.2, -0.15) is 0 Å². The van der Waals surface area contributed by atoms with Gasteiger partial charge in [0.1, 0.15) is 5.82 Å². The van der Waals surface area contributed by atoms with Crippen LogP contribution in [0.1, 0.15) is 18.4 Å². The third kappa shape index (κ3) is 4.79. The minimum Gasteiger partial charge on any atom is -0.378 e. The Bertz CT molecular complexity index is 1190. The number of nitrogen functional groups attached to an aromatic ring is 1. The Morgan fingerprint density at radius 3 is 2.56 bits per heavy atom. The minimum absolute atomic E-state index is 0.0480. The monoisotopic (exact) mass is 459 g/mol. The van der Waals surface area contributed by atoms with Crippen molar-refractivity contribution in [3.05, 3.63) is 48.2 Å². The Balaban J connectivity index is 1.54. The van der Waals surface area contributed by atoms with Gasteiger partial charge in [-0.25, -0.2) is 19.7 Å². The average Bonchev–Trinajstić information content (AvgIpc) is 3.41. The summed E-state index contributed by atoms with van der Waals surface area (Å²) in [5, 5.41) is 3.06. The normalized spacial score (nSPS) is 16.0. The number of nitrogens with two attached hydrogens (primary N) is 1. The first kappa shape index (κ1) is 22.1. The average molecular weight is 460 g/mol. The van der Waals surface area contributed by atoms with Gasteiger partial charge in [-0.05, 0) is 66.8 Å². The third-order valence-electron chi connectivity index (χ3n) is 6.28. The number of urea groups is 1. The van der Waals surface area contributed by atoms with Gasteiger partial charge in [0.15, 0.2) is 0 Å². The van der Waals surface area contributed by atoms with Crippen LogP contribution >= 0.6 is 0 Å². The lowest BCUT2D eigenvalue weighted by Crippen LogP contribution is -2.36. The number of aryl methyl sites for hydroxylation is 1. The number of nitrogens with one attached hydrogen (secondary N) is 1. The predicted molar refractivity (Wildman–Crippen MR) is 133 cm³/mol. The summed E-state index contributed by atoms with van der Waals surface area (Å²) in [4.78, 5) is 30.0. The summed E-state index contributed by atoms with van der Waals surface area (Å²) in [5.41, 5.74) is 11.1. The van der Waals surface area contributed by atoms with Gasteiger partial charge in [0.05, 0.1) is 24.6 Å². The fourth-order valence-corrected chi connectivity index (χ4v) is 4.41. The van der Waals surface area contributed by atoms with E-state index in [9.17, 15) is 4.79 Å². The molecule has 2 aliphatic rings. The van der Waals surface area contributed by atoms with Crippen LogP contribution in [0.4, 0.5) is 22.2 Å². The molecule has 2 aliphatic heterocycles. The molecule has 0 bridgehead atoms. The van der Waals surface area contributed by atoms with Crippen molar-refractivity contribution in [2.45, 2.75) is 19.8 Å². The van der Waals surface area contributed by atoms with Crippen LogP contribution in [0.2, 0.25) is 0 Å². The first-order valence-corrected chi connectivity index (χ1v) is 11.7. The highest BCUT2D eigenvalue weighted by atomic mass is 16.5. The van der Waals surface area contributed by atoms with E-state index in [0.29, 0.717) is 18.9 Å². The molecular formula is C25H29N7O2. The molecule has 9 heteroatoms. The zero-order chi connectivity index (χ0) is 23.5. The van der Waals surface area contributed by atoms with Gasteiger partial charge in [0.2, 0.25) is 5.95 Å². The van der Waals surface area contributed by atoms with Gasteiger partial charge >= 0.3 is 6.03 Å².